The molecule has 2 fully saturated rings. The van der Waals surface area contributed by atoms with Crippen LogP contribution in [0.1, 0.15) is 51.4 Å². The van der Waals surface area contributed by atoms with Gasteiger partial charge in [0.25, 0.3) is 0 Å². The summed E-state index contributed by atoms with van der Waals surface area (Å²) in [6.07, 6.45) is 11.2. The van der Waals surface area contributed by atoms with Crippen LogP contribution in [0.3, 0.4) is 0 Å². The number of piperidine rings is 1. The standard InChI is InChI=1S/C15H30N2S/c18-13-7-2-1-4-9-16-12-8-15(14-16)17-10-5-3-6-11-17/h15,18H,1-14H2. The lowest BCUT2D eigenvalue weighted by atomic mass is 10.1. The van der Waals surface area contributed by atoms with Crippen LogP contribution in [0.15, 0.2) is 0 Å². The zero-order chi connectivity index (χ0) is 12.6. The highest BCUT2D eigenvalue weighted by Gasteiger charge is 2.27. The average Bonchev–Trinajstić information content (AvgIpc) is 2.88. The Morgan fingerprint density at radius 1 is 0.889 bits per heavy atom. The van der Waals surface area contributed by atoms with Gasteiger partial charge in [0.2, 0.25) is 0 Å². The van der Waals surface area contributed by atoms with E-state index in [0.29, 0.717) is 0 Å². The Labute approximate surface area is 119 Å². The predicted octanol–water partition coefficient (Wildman–Crippen LogP) is 3.04. The van der Waals surface area contributed by atoms with Gasteiger partial charge in [0.15, 0.2) is 0 Å². The highest BCUT2D eigenvalue weighted by atomic mass is 32.1. The SMILES string of the molecule is SCCCCCCN1CCC(N2CCCCC2)C1. The maximum Gasteiger partial charge on any atom is 0.0235 e. The number of thiol groups is 1. The van der Waals surface area contributed by atoms with E-state index in [0.717, 1.165) is 11.8 Å². The molecular weight excluding hydrogens is 240 g/mol. The number of hydrogen-bond donors (Lipinski definition) is 1. The third kappa shape index (κ3) is 4.75. The molecule has 0 spiro atoms. The van der Waals surface area contributed by atoms with Crippen LogP contribution in [0.2, 0.25) is 0 Å². The van der Waals surface area contributed by atoms with Gasteiger partial charge < -0.3 is 4.90 Å². The van der Waals surface area contributed by atoms with Crippen molar-refractivity contribution >= 4 is 12.6 Å². The summed E-state index contributed by atoms with van der Waals surface area (Å²) < 4.78 is 0. The van der Waals surface area contributed by atoms with Gasteiger partial charge in [-0.05, 0) is 64.0 Å². The topological polar surface area (TPSA) is 6.48 Å². The first-order chi connectivity index (χ1) is 8.90. The molecule has 2 heterocycles. The molecule has 106 valence electrons. The summed E-state index contributed by atoms with van der Waals surface area (Å²) in [4.78, 5) is 5.45. The van der Waals surface area contributed by atoms with E-state index in [2.05, 4.69) is 22.4 Å². The highest BCUT2D eigenvalue weighted by molar-refractivity contribution is 7.80. The van der Waals surface area contributed by atoms with Crippen LogP contribution < -0.4 is 0 Å². The number of hydrogen-bond acceptors (Lipinski definition) is 3. The summed E-state index contributed by atoms with van der Waals surface area (Å²) in [5.74, 6) is 1.06. The molecule has 0 radical (unpaired) electrons. The second kappa shape index (κ2) is 8.44. The van der Waals surface area contributed by atoms with Gasteiger partial charge in [0.05, 0.1) is 0 Å². The molecule has 0 saturated carbocycles. The molecule has 0 aromatic heterocycles. The fraction of sp³-hybridized carbons (Fsp3) is 1.00. The molecule has 2 saturated heterocycles. The van der Waals surface area contributed by atoms with E-state index in [9.17, 15) is 0 Å². The smallest absolute Gasteiger partial charge is 0.0235 e. The van der Waals surface area contributed by atoms with Gasteiger partial charge in [-0.2, -0.15) is 12.6 Å². The van der Waals surface area contributed by atoms with E-state index in [4.69, 9.17) is 0 Å². The van der Waals surface area contributed by atoms with Crippen LogP contribution >= 0.6 is 12.6 Å². The van der Waals surface area contributed by atoms with Crippen molar-refractivity contribution in [1.82, 2.24) is 9.80 Å². The Hall–Kier alpha value is 0.270. The molecule has 1 atom stereocenters. The molecule has 2 nitrogen and oxygen atoms in total. The molecule has 0 aromatic rings. The Bertz CT molecular complexity index is 217. The lowest BCUT2D eigenvalue weighted by Crippen LogP contribution is -2.40. The van der Waals surface area contributed by atoms with E-state index >= 15 is 0 Å². The molecule has 3 heteroatoms. The van der Waals surface area contributed by atoms with Gasteiger partial charge in [0, 0.05) is 12.6 Å². The third-order valence-electron chi connectivity index (χ3n) is 4.54. The van der Waals surface area contributed by atoms with E-state index < -0.39 is 0 Å². The lowest BCUT2D eigenvalue weighted by Gasteiger charge is -2.32. The summed E-state index contributed by atoms with van der Waals surface area (Å²) in [5, 5.41) is 0. The first-order valence-electron chi connectivity index (χ1n) is 7.97. The fourth-order valence-electron chi connectivity index (χ4n) is 3.40. The zero-order valence-electron chi connectivity index (χ0n) is 11.8. The van der Waals surface area contributed by atoms with Gasteiger partial charge >= 0.3 is 0 Å². The first-order valence-corrected chi connectivity index (χ1v) is 8.60. The lowest BCUT2D eigenvalue weighted by molar-refractivity contribution is 0.162. The van der Waals surface area contributed by atoms with E-state index in [1.165, 1.54) is 84.1 Å². The quantitative estimate of drug-likeness (QED) is 0.561. The number of likely N-dealkylation sites (tertiary alicyclic amines) is 2. The molecular formula is C15H30N2S. The van der Waals surface area contributed by atoms with Crippen molar-refractivity contribution in [2.24, 2.45) is 0 Å². The molecule has 0 aromatic carbocycles. The van der Waals surface area contributed by atoms with Crippen molar-refractivity contribution in [3.8, 4) is 0 Å². The Morgan fingerprint density at radius 3 is 2.44 bits per heavy atom. The molecule has 0 N–H and O–H groups in total. The molecule has 1 unspecified atom stereocenters. The fourth-order valence-corrected chi connectivity index (χ4v) is 3.62. The van der Waals surface area contributed by atoms with Crippen molar-refractivity contribution in [1.29, 1.82) is 0 Å². The second-order valence-electron chi connectivity index (χ2n) is 5.98. The maximum atomic E-state index is 4.26. The Kier molecular flexibility index (Phi) is 6.88. The average molecular weight is 270 g/mol. The van der Waals surface area contributed by atoms with Gasteiger partial charge in [-0.15, -0.1) is 0 Å². The molecule has 2 rings (SSSR count). The molecule has 0 amide bonds. The van der Waals surface area contributed by atoms with Crippen LogP contribution in [-0.4, -0.2) is 54.3 Å². The van der Waals surface area contributed by atoms with Gasteiger partial charge in [-0.1, -0.05) is 19.3 Å². The summed E-state index contributed by atoms with van der Waals surface area (Å²) >= 11 is 4.26. The van der Waals surface area contributed by atoms with Crippen molar-refractivity contribution in [3.63, 3.8) is 0 Å². The van der Waals surface area contributed by atoms with Crippen LogP contribution in [0, 0.1) is 0 Å². The van der Waals surface area contributed by atoms with E-state index in [-0.39, 0.29) is 0 Å². The van der Waals surface area contributed by atoms with Crippen LogP contribution in [0.5, 0.6) is 0 Å². The van der Waals surface area contributed by atoms with Crippen molar-refractivity contribution in [2.45, 2.75) is 57.4 Å². The number of nitrogens with zero attached hydrogens (tertiary/aromatic N) is 2. The monoisotopic (exact) mass is 270 g/mol. The van der Waals surface area contributed by atoms with Gasteiger partial charge in [0.1, 0.15) is 0 Å². The molecule has 0 bridgehead atoms. The Balaban J connectivity index is 1.56. The minimum atomic E-state index is 0.878. The summed E-state index contributed by atoms with van der Waals surface area (Å²) in [5.41, 5.74) is 0. The van der Waals surface area contributed by atoms with Crippen molar-refractivity contribution in [3.05, 3.63) is 0 Å². The largest absolute Gasteiger partial charge is 0.302 e. The molecule has 0 aliphatic carbocycles. The van der Waals surface area contributed by atoms with Crippen molar-refractivity contribution in [2.75, 3.05) is 38.5 Å². The van der Waals surface area contributed by atoms with E-state index in [1.54, 1.807) is 0 Å². The van der Waals surface area contributed by atoms with Crippen LogP contribution in [-0.2, 0) is 0 Å². The first kappa shape index (κ1) is 14.7. The van der Waals surface area contributed by atoms with Gasteiger partial charge in [-0.3, -0.25) is 4.90 Å². The zero-order valence-corrected chi connectivity index (χ0v) is 12.7. The molecule has 18 heavy (non-hydrogen) atoms. The highest BCUT2D eigenvalue weighted by Crippen LogP contribution is 2.20. The predicted molar refractivity (Wildman–Crippen MR) is 82.6 cm³/mol. The van der Waals surface area contributed by atoms with Crippen LogP contribution in [0.25, 0.3) is 0 Å². The Morgan fingerprint density at radius 2 is 1.67 bits per heavy atom. The minimum Gasteiger partial charge on any atom is -0.302 e. The summed E-state index contributed by atoms with van der Waals surface area (Å²) in [6.45, 7) is 6.73. The maximum absolute atomic E-state index is 4.26. The molecule has 2 aliphatic rings. The van der Waals surface area contributed by atoms with E-state index in [1.807, 2.05) is 0 Å². The number of rotatable bonds is 7. The summed E-state index contributed by atoms with van der Waals surface area (Å²) in [7, 11) is 0. The van der Waals surface area contributed by atoms with Crippen LogP contribution in [0.4, 0.5) is 0 Å². The van der Waals surface area contributed by atoms with Gasteiger partial charge in [-0.25, -0.2) is 0 Å². The number of unbranched alkanes of at least 4 members (excludes halogenated alkanes) is 3. The third-order valence-corrected chi connectivity index (χ3v) is 4.85. The molecule has 2 aliphatic heterocycles. The minimum absolute atomic E-state index is 0.878. The van der Waals surface area contributed by atoms with Crippen molar-refractivity contribution < 1.29 is 0 Å². The second-order valence-corrected chi connectivity index (χ2v) is 6.42. The normalized spacial score (nSPS) is 26.8. The summed E-state index contributed by atoms with van der Waals surface area (Å²) in [6, 6.07) is 0.878.